The van der Waals surface area contributed by atoms with Crippen LogP contribution in [-0.4, -0.2) is 35.9 Å². The monoisotopic (exact) mass is 425 g/mol. The molecule has 0 aliphatic heterocycles. The van der Waals surface area contributed by atoms with Crippen LogP contribution >= 0.6 is 0 Å². The van der Waals surface area contributed by atoms with Gasteiger partial charge >= 0.3 is 12.1 Å². The molecule has 9 nitrogen and oxygen atoms in total. The second kappa shape index (κ2) is 9.49. The van der Waals surface area contributed by atoms with Crippen molar-refractivity contribution in [3.63, 3.8) is 0 Å². The molecule has 2 aromatic rings. The Balaban J connectivity index is 1.84. The second-order valence-electron chi connectivity index (χ2n) is 5.74. The lowest BCUT2D eigenvalue weighted by molar-refractivity contribution is -0.384. The predicted molar refractivity (Wildman–Crippen MR) is 96.5 cm³/mol. The standard InChI is InChI=1S/C18H14F3N3O6/c19-18(20,21)13-6-1-2-7-14(13)23-15(25)10-30-16(26)9-22-17(27)11-4-3-5-12(8-11)24(28)29/h1-8H,9-10H2,(H,22,27)(H,23,25). The Bertz CT molecular complexity index is 978. The van der Waals surface area contributed by atoms with Crippen LogP contribution in [0.1, 0.15) is 15.9 Å². The predicted octanol–water partition coefficient (Wildman–Crippen LogP) is 2.53. The number of esters is 1. The van der Waals surface area contributed by atoms with Crippen molar-refractivity contribution in [1.29, 1.82) is 0 Å². The quantitative estimate of drug-likeness (QED) is 0.399. The number of nitrogens with one attached hydrogen (secondary N) is 2. The first-order valence-electron chi connectivity index (χ1n) is 8.22. The van der Waals surface area contributed by atoms with Crippen LogP contribution in [0.3, 0.4) is 0 Å². The first-order chi connectivity index (χ1) is 14.1. The third-order valence-electron chi connectivity index (χ3n) is 3.58. The summed E-state index contributed by atoms with van der Waals surface area (Å²) in [5.41, 5.74) is -1.95. The number of ether oxygens (including phenoxy) is 1. The minimum absolute atomic E-state index is 0.0708. The minimum atomic E-state index is -4.68. The number of carbonyl (C=O) groups excluding carboxylic acids is 3. The molecule has 2 amide bonds. The van der Waals surface area contributed by atoms with Gasteiger partial charge in [0.15, 0.2) is 6.61 Å². The van der Waals surface area contributed by atoms with E-state index in [1.807, 2.05) is 5.32 Å². The molecule has 0 radical (unpaired) electrons. The van der Waals surface area contributed by atoms with E-state index in [1.54, 1.807) is 0 Å². The molecule has 0 fully saturated rings. The molecule has 2 N–H and O–H groups in total. The lowest BCUT2D eigenvalue weighted by atomic mass is 10.1. The second-order valence-corrected chi connectivity index (χ2v) is 5.74. The molecular weight excluding hydrogens is 411 g/mol. The summed E-state index contributed by atoms with van der Waals surface area (Å²) in [6, 6.07) is 9.04. The molecule has 0 aromatic heterocycles. The maximum Gasteiger partial charge on any atom is 0.418 e. The number of alkyl halides is 3. The van der Waals surface area contributed by atoms with Crippen molar-refractivity contribution in [2.24, 2.45) is 0 Å². The summed E-state index contributed by atoms with van der Waals surface area (Å²) in [5, 5.41) is 14.8. The number of non-ortho nitro benzene ring substituents is 1. The van der Waals surface area contributed by atoms with Gasteiger partial charge in [-0.25, -0.2) is 0 Å². The summed E-state index contributed by atoms with van der Waals surface area (Å²) < 4.78 is 43.2. The number of amides is 2. The highest BCUT2D eigenvalue weighted by molar-refractivity contribution is 5.97. The molecule has 0 heterocycles. The van der Waals surface area contributed by atoms with Crippen LogP contribution < -0.4 is 10.6 Å². The lowest BCUT2D eigenvalue weighted by Crippen LogP contribution is -2.32. The van der Waals surface area contributed by atoms with Gasteiger partial charge in [-0.05, 0) is 18.2 Å². The van der Waals surface area contributed by atoms with E-state index in [2.05, 4.69) is 10.1 Å². The summed E-state index contributed by atoms with van der Waals surface area (Å²) in [6.45, 7) is -1.54. The van der Waals surface area contributed by atoms with Gasteiger partial charge < -0.3 is 15.4 Å². The molecular formula is C18H14F3N3O6. The molecule has 0 unspecified atom stereocenters. The van der Waals surface area contributed by atoms with E-state index < -0.39 is 53.3 Å². The molecule has 2 rings (SSSR count). The van der Waals surface area contributed by atoms with Gasteiger partial charge in [0, 0.05) is 17.7 Å². The van der Waals surface area contributed by atoms with E-state index in [1.165, 1.54) is 24.3 Å². The number of nitro groups is 1. The van der Waals surface area contributed by atoms with Crippen molar-refractivity contribution < 1.29 is 37.2 Å². The fraction of sp³-hybridized carbons (Fsp3) is 0.167. The average Bonchev–Trinajstić information content (AvgIpc) is 2.70. The van der Waals surface area contributed by atoms with E-state index in [4.69, 9.17) is 0 Å². The van der Waals surface area contributed by atoms with Crippen molar-refractivity contribution in [1.82, 2.24) is 5.32 Å². The maximum absolute atomic E-state index is 12.9. The van der Waals surface area contributed by atoms with E-state index in [9.17, 15) is 37.7 Å². The summed E-state index contributed by atoms with van der Waals surface area (Å²) >= 11 is 0. The summed E-state index contributed by atoms with van der Waals surface area (Å²) in [5.74, 6) is -2.84. The molecule has 0 aliphatic rings. The molecule has 0 aliphatic carbocycles. The van der Waals surface area contributed by atoms with Gasteiger partial charge in [-0.2, -0.15) is 13.2 Å². The topological polar surface area (TPSA) is 128 Å². The van der Waals surface area contributed by atoms with Gasteiger partial charge in [-0.1, -0.05) is 18.2 Å². The van der Waals surface area contributed by atoms with Crippen LogP contribution in [-0.2, 0) is 20.5 Å². The van der Waals surface area contributed by atoms with Gasteiger partial charge in [-0.15, -0.1) is 0 Å². The lowest BCUT2D eigenvalue weighted by Gasteiger charge is -2.13. The zero-order chi connectivity index (χ0) is 22.3. The van der Waals surface area contributed by atoms with Crippen LogP contribution in [0.25, 0.3) is 0 Å². The van der Waals surface area contributed by atoms with Crippen LogP contribution in [0, 0.1) is 10.1 Å². The van der Waals surface area contributed by atoms with E-state index >= 15 is 0 Å². The Morgan fingerprint density at radius 3 is 2.43 bits per heavy atom. The van der Waals surface area contributed by atoms with Gasteiger partial charge in [0.05, 0.1) is 16.2 Å². The smallest absolute Gasteiger partial charge is 0.418 e. The Morgan fingerprint density at radius 2 is 1.77 bits per heavy atom. The van der Waals surface area contributed by atoms with Crippen LogP contribution in [0.4, 0.5) is 24.5 Å². The highest BCUT2D eigenvalue weighted by Crippen LogP contribution is 2.34. The molecule has 2 aromatic carbocycles. The first-order valence-corrected chi connectivity index (χ1v) is 8.22. The number of benzene rings is 2. The van der Waals surface area contributed by atoms with Crippen molar-refractivity contribution in [2.45, 2.75) is 6.18 Å². The normalized spacial score (nSPS) is 10.8. The zero-order valence-electron chi connectivity index (χ0n) is 15.1. The number of hydrogen-bond donors (Lipinski definition) is 2. The highest BCUT2D eigenvalue weighted by atomic mass is 19.4. The third kappa shape index (κ3) is 6.29. The molecule has 12 heteroatoms. The fourth-order valence-corrected chi connectivity index (χ4v) is 2.24. The number of hydrogen-bond acceptors (Lipinski definition) is 6. The van der Waals surface area contributed by atoms with Crippen molar-refractivity contribution in [2.75, 3.05) is 18.5 Å². The van der Waals surface area contributed by atoms with E-state index in [-0.39, 0.29) is 11.3 Å². The molecule has 0 bridgehead atoms. The van der Waals surface area contributed by atoms with Gasteiger partial charge in [0.2, 0.25) is 0 Å². The van der Waals surface area contributed by atoms with Crippen molar-refractivity contribution in [3.05, 3.63) is 69.8 Å². The molecule has 30 heavy (non-hydrogen) atoms. The molecule has 0 saturated carbocycles. The van der Waals surface area contributed by atoms with E-state index in [0.29, 0.717) is 0 Å². The third-order valence-corrected chi connectivity index (χ3v) is 3.58. The van der Waals surface area contributed by atoms with Gasteiger partial charge in [-0.3, -0.25) is 24.5 Å². The fourth-order valence-electron chi connectivity index (χ4n) is 2.24. The molecule has 0 atom stereocenters. The number of nitro benzene ring substituents is 1. The summed E-state index contributed by atoms with van der Waals surface area (Å²) in [6.07, 6.45) is -4.68. The van der Waals surface area contributed by atoms with Crippen LogP contribution in [0.5, 0.6) is 0 Å². The average molecular weight is 425 g/mol. The van der Waals surface area contributed by atoms with Gasteiger partial charge in [0.1, 0.15) is 6.54 Å². The van der Waals surface area contributed by atoms with Gasteiger partial charge in [0.25, 0.3) is 17.5 Å². The first kappa shape index (κ1) is 22.3. The number of rotatable bonds is 7. The Morgan fingerprint density at radius 1 is 1.07 bits per heavy atom. The van der Waals surface area contributed by atoms with Crippen molar-refractivity contribution >= 4 is 29.2 Å². The number of nitrogens with zero attached hydrogens (tertiary/aromatic N) is 1. The summed E-state index contributed by atoms with van der Waals surface area (Å²) in [7, 11) is 0. The van der Waals surface area contributed by atoms with Crippen LogP contribution in [0.15, 0.2) is 48.5 Å². The Kier molecular flexibility index (Phi) is 7.07. The van der Waals surface area contributed by atoms with Crippen LogP contribution in [0.2, 0.25) is 0 Å². The molecule has 0 spiro atoms. The summed E-state index contributed by atoms with van der Waals surface area (Å²) in [4.78, 5) is 45.3. The number of anilines is 1. The van der Waals surface area contributed by atoms with Crippen molar-refractivity contribution in [3.8, 4) is 0 Å². The van der Waals surface area contributed by atoms with E-state index in [0.717, 1.165) is 24.3 Å². The molecule has 158 valence electrons. The zero-order valence-corrected chi connectivity index (χ0v) is 15.1. The highest BCUT2D eigenvalue weighted by Gasteiger charge is 2.33. The SMILES string of the molecule is O=C(COC(=O)CNC(=O)c1cccc([N+](=O)[O-])c1)Nc1ccccc1C(F)(F)F. The number of halogens is 3. The minimum Gasteiger partial charge on any atom is -0.454 e. The molecule has 0 saturated heterocycles. The maximum atomic E-state index is 12.9. The Labute approximate surface area is 167 Å². The number of para-hydroxylation sites is 1. The Hall–Kier alpha value is -3.96. The largest absolute Gasteiger partial charge is 0.454 e. The number of carbonyl (C=O) groups is 3.